The second kappa shape index (κ2) is 3.61. The van der Waals surface area contributed by atoms with Gasteiger partial charge in [-0.1, -0.05) is 22.0 Å². The largest absolute Gasteiger partial charge is 0.454 e. The minimum Gasteiger partial charge on any atom is -0.454 e. The number of carbonyl (C=O) groups excluding carboxylic acids is 1. The van der Waals surface area contributed by atoms with Crippen LogP contribution >= 0.6 is 15.9 Å². The number of Topliss-reactive ketones (excluding diaryl/α,β-unsaturated/α-hetero) is 1. The first kappa shape index (κ1) is 9.52. The summed E-state index contributed by atoms with van der Waals surface area (Å²) in [6.07, 6.45) is 0. The summed E-state index contributed by atoms with van der Waals surface area (Å²) in [6.45, 7) is 1.80. The summed E-state index contributed by atoms with van der Waals surface area (Å²) in [5.41, 5.74) is 0.891. The number of ketones is 1. The minimum atomic E-state index is -0.267. The van der Waals surface area contributed by atoms with Gasteiger partial charge in [0, 0.05) is 0 Å². The normalized spacial score (nSPS) is 15.3. The molecule has 1 aromatic carbocycles. The molecule has 4 heteroatoms. The Hall–Kier alpha value is -1.03. The van der Waals surface area contributed by atoms with Crippen molar-refractivity contribution in [2.45, 2.75) is 11.8 Å². The van der Waals surface area contributed by atoms with Crippen LogP contribution < -0.4 is 9.47 Å². The zero-order chi connectivity index (χ0) is 10.1. The molecule has 1 heterocycles. The third-order valence-corrected chi connectivity index (χ3v) is 3.22. The molecule has 1 aliphatic rings. The Morgan fingerprint density at radius 3 is 2.86 bits per heavy atom. The molecule has 0 radical (unpaired) electrons. The molecular formula is C10H9BrO3. The van der Waals surface area contributed by atoms with Crippen molar-refractivity contribution >= 4 is 21.7 Å². The zero-order valence-corrected chi connectivity index (χ0v) is 9.21. The van der Waals surface area contributed by atoms with Crippen LogP contribution in [0.15, 0.2) is 18.2 Å². The summed E-state index contributed by atoms with van der Waals surface area (Å²) >= 11 is 3.31. The Kier molecular flexibility index (Phi) is 2.46. The molecule has 0 amide bonds. The van der Waals surface area contributed by atoms with E-state index in [0.29, 0.717) is 5.75 Å². The molecule has 0 N–H and O–H groups in total. The third kappa shape index (κ3) is 1.62. The maximum Gasteiger partial charge on any atom is 0.231 e. The van der Waals surface area contributed by atoms with Crippen molar-refractivity contribution in [1.29, 1.82) is 0 Å². The summed E-state index contributed by atoms with van der Waals surface area (Å²) < 4.78 is 10.4. The Balaban J connectivity index is 2.33. The van der Waals surface area contributed by atoms with Crippen LogP contribution in [0, 0.1) is 0 Å². The van der Waals surface area contributed by atoms with Crippen LogP contribution in [0.3, 0.4) is 0 Å². The first-order valence-corrected chi connectivity index (χ1v) is 5.14. The number of halogens is 1. The van der Waals surface area contributed by atoms with Crippen LogP contribution in [0.25, 0.3) is 0 Å². The molecule has 0 aromatic heterocycles. The van der Waals surface area contributed by atoms with Gasteiger partial charge in [0.25, 0.3) is 0 Å². The van der Waals surface area contributed by atoms with Gasteiger partial charge in [-0.3, -0.25) is 4.79 Å². The van der Waals surface area contributed by atoms with Gasteiger partial charge in [0.15, 0.2) is 11.5 Å². The first-order valence-electron chi connectivity index (χ1n) is 4.22. The summed E-state index contributed by atoms with van der Waals surface area (Å²) in [7, 11) is 0. The van der Waals surface area contributed by atoms with Gasteiger partial charge in [0.1, 0.15) is 5.78 Å². The predicted octanol–water partition coefficient (Wildman–Crippen LogP) is 2.44. The van der Waals surface area contributed by atoms with Crippen LogP contribution in [0.4, 0.5) is 0 Å². The SMILES string of the molecule is CC(=O)C(Br)c1ccc2c(c1)OCO2. The summed E-state index contributed by atoms with van der Waals surface area (Å²) in [5, 5.41) is 0. The van der Waals surface area contributed by atoms with E-state index in [1.807, 2.05) is 18.2 Å². The van der Waals surface area contributed by atoms with Crippen molar-refractivity contribution in [2.75, 3.05) is 6.79 Å². The fourth-order valence-electron chi connectivity index (χ4n) is 1.31. The Morgan fingerprint density at radius 2 is 2.14 bits per heavy atom. The number of rotatable bonds is 2. The van der Waals surface area contributed by atoms with E-state index in [1.165, 1.54) is 0 Å². The molecule has 1 aromatic rings. The number of benzene rings is 1. The highest BCUT2D eigenvalue weighted by Crippen LogP contribution is 2.36. The maximum atomic E-state index is 11.1. The van der Waals surface area contributed by atoms with E-state index >= 15 is 0 Å². The standard InChI is InChI=1S/C10H9BrO3/c1-6(12)10(11)7-2-3-8-9(4-7)14-5-13-8/h2-4,10H,5H2,1H3. The molecule has 3 nitrogen and oxygen atoms in total. The molecule has 0 fully saturated rings. The first-order chi connectivity index (χ1) is 6.68. The van der Waals surface area contributed by atoms with Gasteiger partial charge < -0.3 is 9.47 Å². The van der Waals surface area contributed by atoms with Gasteiger partial charge in [-0.25, -0.2) is 0 Å². The van der Waals surface area contributed by atoms with Gasteiger partial charge in [0.05, 0.1) is 4.83 Å². The number of hydrogen-bond acceptors (Lipinski definition) is 3. The molecule has 1 atom stereocenters. The maximum absolute atomic E-state index is 11.1. The highest BCUT2D eigenvalue weighted by atomic mass is 79.9. The number of fused-ring (bicyclic) bond motifs is 1. The van der Waals surface area contributed by atoms with Crippen LogP contribution in [0.1, 0.15) is 17.3 Å². The number of alkyl halides is 1. The van der Waals surface area contributed by atoms with Gasteiger partial charge >= 0.3 is 0 Å². The second-order valence-electron chi connectivity index (χ2n) is 3.09. The topological polar surface area (TPSA) is 35.5 Å². The molecule has 0 bridgehead atoms. The lowest BCUT2D eigenvalue weighted by Gasteiger charge is -2.06. The molecular weight excluding hydrogens is 248 g/mol. The van der Waals surface area contributed by atoms with E-state index in [2.05, 4.69) is 15.9 Å². The predicted molar refractivity (Wildman–Crippen MR) is 54.9 cm³/mol. The molecule has 0 saturated carbocycles. The van der Waals surface area contributed by atoms with Crippen LogP contribution in [-0.4, -0.2) is 12.6 Å². The molecule has 0 aliphatic carbocycles. The second-order valence-corrected chi connectivity index (χ2v) is 4.00. The van der Waals surface area contributed by atoms with Crippen molar-refractivity contribution in [3.05, 3.63) is 23.8 Å². The van der Waals surface area contributed by atoms with Crippen molar-refractivity contribution in [3.63, 3.8) is 0 Å². The minimum absolute atomic E-state index is 0.0730. The van der Waals surface area contributed by atoms with Gasteiger partial charge in [-0.15, -0.1) is 0 Å². The number of hydrogen-bond donors (Lipinski definition) is 0. The lowest BCUT2D eigenvalue weighted by atomic mass is 10.1. The van der Waals surface area contributed by atoms with Crippen molar-refractivity contribution < 1.29 is 14.3 Å². The molecule has 2 rings (SSSR count). The Labute approximate surface area is 90.1 Å². The summed E-state index contributed by atoms with van der Waals surface area (Å²) in [5.74, 6) is 1.51. The van der Waals surface area contributed by atoms with Crippen molar-refractivity contribution in [3.8, 4) is 11.5 Å². The van der Waals surface area contributed by atoms with Crippen LogP contribution in [-0.2, 0) is 4.79 Å². The molecule has 0 spiro atoms. The zero-order valence-electron chi connectivity index (χ0n) is 7.62. The Morgan fingerprint density at radius 1 is 1.43 bits per heavy atom. The quantitative estimate of drug-likeness (QED) is 0.763. The van der Waals surface area contributed by atoms with Gasteiger partial charge in [0.2, 0.25) is 6.79 Å². The average molecular weight is 257 g/mol. The summed E-state index contributed by atoms with van der Waals surface area (Å²) in [4.78, 5) is 10.9. The van der Waals surface area contributed by atoms with E-state index in [9.17, 15) is 4.79 Å². The van der Waals surface area contributed by atoms with E-state index in [4.69, 9.17) is 9.47 Å². The van der Waals surface area contributed by atoms with E-state index in [-0.39, 0.29) is 17.4 Å². The number of ether oxygens (including phenoxy) is 2. The molecule has 1 aliphatic heterocycles. The molecule has 14 heavy (non-hydrogen) atoms. The smallest absolute Gasteiger partial charge is 0.231 e. The van der Waals surface area contributed by atoms with E-state index in [0.717, 1.165) is 11.3 Å². The monoisotopic (exact) mass is 256 g/mol. The highest BCUT2D eigenvalue weighted by molar-refractivity contribution is 9.09. The molecule has 1 unspecified atom stereocenters. The fraction of sp³-hybridized carbons (Fsp3) is 0.300. The molecule has 74 valence electrons. The van der Waals surface area contributed by atoms with Crippen LogP contribution in [0.2, 0.25) is 0 Å². The van der Waals surface area contributed by atoms with Crippen LogP contribution in [0.5, 0.6) is 11.5 Å². The lowest BCUT2D eigenvalue weighted by Crippen LogP contribution is -2.00. The third-order valence-electron chi connectivity index (χ3n) is 2.05. The number of carbonyl (C=O) groups is 1. The van der Waals surface area contributed by atoms with Gasteiger partial charge in [-0.05, 0) is 24.6 Å². The summed E-state index contributed by atoms with van der Waals surface area (Å²) in [6, 6.07) is 5.49. The van der Waals surface area contributed by atoms with E-state index < -0.39 is 0 Å². The average Bonchev–Trinajstić information content (AvgIpc) is 2.62. The Bertz CT molecular complexity index is 376. The highest BCUT2D eigenvalue weighted by Gasteiger charge is 2.18. The fourth-order valence-corrected chi connectivity index (χ4v) is 1.59. The van der Waals surface area contributed by atoms with Crippen molar-refractivity contribution in [1.82, 2.24) is 0 Å². The lowest BCUT2D eigenvalue weighted by molar-refractivity contribution is -0.116. The molecule has 0 saturated heterocycles. The van der Waals surface area contributed by atoms with Gasteiger partial charge in [-0.2, -0.15) is 0 Å². The van der Waals surface area contributed by atoms with E-state index in [1.54, 1.807) is 6.92 Å². The van der Waals surface area contributed by atoms with Crippen molar-refractivity contribution in [2.24, 2.45) is 0 Å².